The Hall–Kier alpha value is -1.50. The van der Waals surface area contributed by atoms with Crippen molar-refractivity contribution in [1.82, 2.24) is 4.98 Å². The van der Waals surface area contributed by atoms with Gasteiger partial charge in [-0.25, -0.2) is 4.99 Å². The molecule has 3 rings (SSSR count). The number of thiazole rings is 1. The van der Waals surface area contributed by atoms with Crippen LogP contribution in [0.1, 0.15) is 10.4 Å². The van der Waals surface area contributed by atoms with Crippen molar-refractivity contribution >= 4 is 46.6 Å². The molecule has 96 valence electrons. The summed E-state index contributed by atoms with van der Waals surface area (Å²) in [6.07, 6.45) is 0. The van der Waals surface area contributed by atoms with E-state index in [0.29, 0.717) is 30.0 Å². The molecule has 1 aromatic heterocycles. The van der Waals surface area contributed by atoms with Crippen molar-refractivity contribution in [1.29, 1.82) is 0 Å². The maximum absolute atomic E-state index is 12.1. The molecule has 1 amide bonds. The highest BCUT2D eigenvalue weighted by Gasteiger charge is 2.25. The van der Waals surface area contributed by atoms with E-state index in [2.05, 4.69) is 9.98 Å². The fourth-order valence-electron chi connectivity index (χ4n) is 2.02. The predicted molar refractivity (Wildman–Crippen MR) is 75.7 cm³/mol. The Kier molecular flexibility index (Phi) is 2.81. The number of rotatable bonds is 1. The summed E-state index contributed by atoms with van der Waals surface area (Å²) in [4.78, 5) is 19.1. The van der Waals surface area contributed by atoms with Crippen LogP contribution in [0, 0.1) is 10.9 Å². The molecule has 1 aromatic carbocycles. The first-order valence-corrected chi connectivity index (χ1v) is 6.94. The highest BCUT2D eigenvalue weighted by atomic mass is 35.5. The van der Waals surface area contributed by atoms with Crippen LogP contribution in [-0.2, 0) is 4.79 Å². The number of nitrogens with one attached hydrogen (secondary N) is 1. The molecule has 0 atom stereocenters. The molecule has 0 spiro atoms. The first-order chi connectivity index (χ1) is 8.99. The number of aryl methyl sites for hydroxylation is 1. The molecule has 2 N–H and O–H groups in total. The van der Waals surface area contributed by atoms with E-state index in [4.69, 9.17) is 23.8 Å². The maximum Gasteiger partial charge on any atom is 0.279 e. The van der Waals surface area contributed by atoms with Crippen molar-refractivity contribution in [2.24, 2.45) is 4.99 Å². The number of aromatic nitrogens is 1. The van der Waals surface area contributed by atoms with Crippen LogP contribution < -0.4 is 10.6 Å². The van der Waals surface area contributed by atoms with Gasteiger partial charge in [0.05, 0.1) is 16.0 Å². The second kappa shape index (κ2) is 4.26. The van der Waals surface area contributed by atoms with Crippen LogP contribution in [0.4, 0.5) is 0 Å². The number of amides is 1. The molecular weight excluding hydrogens is 304 g/mol. The summed E-state index contributed by atoms with van der Waals surface area (Å²) in [7, 11) is 0. The Morgan fingerprint density at radius 2 is 2.21 bits per heavy atom. The van der Waals surface area contributed by atoms with Crippen molar-refractivity contribution < 1.29 is 9.90 Å². The van der Waals surface area contributed by atoms with Gasteiger partial charge in [-0.15, -0.1) is 11.3 Å². The topological polar surface area (TPSA) is 65.5 Å². The van der Waals surface area contributed by atoms with Gasteiger partial charge in [0.25, 0.3) is 5.91 Å². The molecule has 7 heteroatoms. The first-order valence-electron chi connectivity index (χ1n) is 5.34. The summed E-state index contributed by atoms with van der Waals surface area (Å²) in [5, 5.41) is 11.4. The molecule has 4 nitrogen and oxygen atoms in total. The molecule has 0 saturated carbocycles. The molecule has 2 heterocycles. The number of hydrogen-bond donors (Lipinski definition) is 2. The number of halogens is 1. The average molecular weight is 311 g/mol. The Bertz CT molecular complexity index is 895. The monoisotopic (exact) mass is 310 g/mol. The molecule has 0 radical (unpaired) electrons. The van der Waals surface area contributed by atoms with E-state index in [0.717, 1.165) is 16.9 Å². The highest BCUT2D eigenvalue weighted by Crippen LogP contribution is 2.29. The minimum atomic E-state index is -0.410. The van der Waals surface area contributed by atoms with Crippen molar-refractivity contribution in [2.75, 3.05) is 0 Å². The van der Waals surface area contributed by atoms with Gasteiger partial charge in [0.15, 0.2) is 3.95 Å². The Balaban J connectivity index is 2.52. The fourth-order valence-corrected chi connectivity index (χ4v) is 3.38. The largest absolute Gasteiger partial charge is 0.494 e. The lowest BCUT2D eigenvalue weighted by molar-refractivity contribution is -0.112. The van der Waals surface area contributed by atoms with Gasteiger partial charge in [0.2, 0.25) is 5.88 Å². The van der Waals surface area contributed by atoms with E-state index in [1.54, 1.807) is 12.1 Å². The van der Waals surface area contributed by atoms with E-state index < -0.39 is 5.91 Å². The third-order valence-electron chi connectivity index (χ3n) is 2.86. The lowest BCUT2D eigenvalue weighted by atomic mass is 10.1. The SMILES string of the molecule is Cc1ccc(Cl)c2c1=NC(=O)C=2c1sc(=S)[nH]c1O. The van der Waals surface area contributed by atoms with Crippen LogP contribution in [-0.4, -0.2) is 16.0 Å². The Morgan fingerprint density at radius 1 is 1.47 bits per heavy atom. The number of hydrogen-bond acceptors (Lipinski definition) is 4. The number of nitrogens with zero attached hydrogens (tertiary/aromatic N) is 1. The van der Waals surface area contributed by atoms with Gasteiger partial charge < -0.3 is 10.1 Å². The summed E-state index contributed by atoms with van der Waals surface area (Å²) < 4.78 is 0.394. The van der Waals surface area contributed by atoms with Crippen LogP contribution in [0.2, 0.25) is 5.02 Å². The van der Waals surface area contributed by atoms with Gasteiger partial charge in [-0.05, 0) is 30.8 Å². The van der Waals surface area contributed by atoms with Gasteiger partial charge in [-0.2, -0.15) is 0 Å². The molecule has 0 unspecified atom stereocenters. The maximum atomic E-state index is 12.1. The summed E-state index contributed by atoms with van der Waals surface area (Å²) >= 11 is 12.3. The van der Waals surface area contributed by atoms with Gasteiger partial charge in [0.1, 0.15) is 4.88 Å². The number of fused-ring (bicyclic) bond motifs is 1. The van der Waals surface area contributed by atoms with E-state index >= 15 is 0 Å². The number of H-pyrrole nitrogens is 1. The lowest BCUT2D eigenvalue weighted by Crippen LogP contribution is -2.27. The molecule has 0 aliphatic carbocycles. The van der Waals surface area contributed by atoms with Crippen LogP contribution in [0.3, 0.4) is 0 Å². The molecule has 19 heavy (non-hydrogen) atoms. The van der Waals surface area contributed by atoms with Crippen molar-refractivity contribution in [3.63, 3.8) is 0 Å². The molecule has 0 saturated heterocycles. The highest BCUT2D eigenvalue weighted by molar-refractivity contribution is 7.73. The fraction of sp³-hybridized carbons (Fsp3) is 0.0833. The van der Waals surface area contributed by atoms with Crippen LogP contribution in [0.15, 0.2) is 17.1 Å². The summed E-state index contributed by atoms with van der Waals surface area (Å²) in [6.45, 7) is 1.85. The number of carbonyl (C=O) groups is 1. The molecule has 1 aliphatic heterocycles. The van der Waals surface area contributed by atoms with Crippen LogP contribution >= 0.6 is 35.2 Å². The Morgan fingerprint density at radius 3 is 2.84 bits per heavy atom. The number of carbonyl (C=O) groups excluding carboxylic acids is 1. The van der Waals surface area contributed by atoms with E-state index in [9.17, 15) is 9.90 Å². The summed E-state index contributed by atoms with van der Waals surface area (Å²) in [5.41, 5.74) is 1.17. The van der Waals surface area contributed by atoms with E-state index in [1.807, 2.05) is 6.92 Å². The van der Waals surface area contributed by atoms with Crippen LogP contribution in [0.5, 0.6) is 5.88 Å². The second-order valence-electron chi connectivity index (χ2n) is 4.07. The van der Waals surface area contributed by atoms with Gasteiger partial charge in [0, 0.05) is 5.22 Å². The Labute approximate surface area is 121 Å². The minimum Gasteiger partial charge on any atom is -0.494 e. The quantitative estimate of drug-likeness (QED) is 0.790. The molecule has 0 fully saturated rings. The lowest BCUT2D eigenvalue weighted by Gasteiger charge is -1.98. The van der Waals surface area contributed by atoms with Crippen molar-refractivity contribution in [2.45, 2.75) is 6.92 Å². The van der Waals surface area contributed by atoms with Gasteiger partial charge in [-0.1, -0.05) is 17.7 Å². The number of aromatic hydroxyl groups is 1. The number of aromatic amines is 1. The van der Waals surface area contributed by atoms with Crippen molar-refractivity contribution in [3.05, 3.63) is 42.1 Å². The van der Waals surface area contributed by atoms with Gasteiger partial charge in [-0.3, -0.25) is 4.79 Å². The molecule has 1 aliphatic rings. The average Bonchev–Trinajstić information content (AvgIpc) is 2.84. The third kappa shape index (κ3) is 1.83. The summed E-state index contributed by atoms with van der Waals surface area (Å²) in [6, 6.07) is 3.52. The minimum absolute atomic E-state index is 0.126. The molecule has 2 aromatic rings. The predicted octanol–water partition coefficient (Wildman–Crippen LogP) is 1.83. The second-order valence-corrected chi connectivity index (χ2v) is 6.17. The van der Waals surface area contributed by atoms with Crippen LogP contribution in [0.25, 0.3) is 5.57 Å². The zero-order chi connectivity index (χ0) is 13.7. The smallest absolute Gasteiger partial charge is 0.279 e. The number of benzene rings is 1. The van der Waals surface area contributed by atoms with E-state index in [1.165, 1.54) is 0 Å². The standard InChI is InChI=1S/C12H7ClN2O2S2/c1-4-2-3-5(13)6-7(10(16)14-8(4)6)9-11(17)15-12(18)19-9/h2-3,17H,1H3,(H,15,18). The molecular formula is C12H7ClN2O2S2. The van der Waals surface area contributed by atoms with Crippen molar-refractivity contribution in [3.8, 4) is 5.88 Å². The van der Waals surface area contributed by atoms with Gasteiger partial charge >= 0.3 is 0 Å². The van der Waals surface area contributed by atoms with E-state index in [-0.39, 0.29) is 5.88 Å². The summed E-state index contributed by atoms with van der Waals surface area (Å²) in [5.74, 6) is -0.536. The third-order valence-corrected chi connectivity index (χ3v) is 4.42. The first kappa shape index (κ1) is 12.5. The zero-order valence-corrected chi connectivity index (χ0v) is 12.0. The molecule has 0 bridgehead atoms. The zero-order valence-electron chi connectivity index (χ0n) is 9.65. The normalized spacial score (nSPS) is 13.6.